The highest BCUT2D eigenvalue weighted by Gasteiger charge is 2.23. The van der Waals surface area contributed by atoms with E-state index < -0.39 is 17.4 Å². The van der Waals surface area contributed by atoms with Gasteiger partial charge in [-0.15, -0.1) is 6.42 Å². The van der Waals surface area contributed by atoms with Crippen LogP contribution in [0.2, 0.25) is 0 Å². The van der Waals surface area contributed by atoms with E-state index in [1.54, 1.807) is 24.3 Å². The first kappa shape index (κ1) is 18.3. The molecule has 0 radical (unpaired) electrons. The van der Waals surface area contributed by atoms with Crippen molar-refractivity contribution in [3.05, 3.63) is 59.9 Å². The third kappa shape index (κ3) is 5.52. The molecule has 0 aliphatic rings. The van der Waals surface area contributed by atoms with Gasteiger partial charge in [0, 0.05) is 11.8 Å². The Morgan fingerprint density at radius 1 is 1.32 bits per heavy atom. The lowest BCUT2D eigenvalue weighted by Gasteiger charge is -2.24. The van der Waals surface area contributed by atoms with Crippen LogP contribution in [-0.4, -0.2) is 24.3 Å². The van der Waals surface area contributed by atoms with Gasteiger partial charge in [-0.05, 0) is 36.8 Å². The second kappa shape index (κ2) is 8.18. The molecule has 0 aliphatic carbocycles. The first-order valence-corrected chi connectivity index (χ1v) is 7.60. The number of ether oxygens (including phenoxy) is 1. The van der Waals surface area contributed by atoms with Crippen molar-refractivity contribution in [2.45, 2.75) is 12.5 Å². The fraction of sp³-hybridized carbons (Fsp3) is 0.211. The zero-order chi connectivity index (χ0) is 18.3. The third-order valence-electron chi connectivity index (χ3n) is 3.47. The van der Waals surface area contributed by atoms with E-state index in [4.69, 9.17) is 11.2 Å². The maximum Gasteiger partial charge on any atom is 0.319 e. The summed E-state index contributed by atoms with van der Waals surface area (Å²) < 4.78 is 18.2. The van der Waals surface area contributed by atoms with Gasteiger partial charge in [0.2, 0.25) is 0 Å². The van der Waals surface area contributed by atoms with Crippen LogP contribution < -0.4 is 15.4 Å². The first-order valence-electron chi connectivity index (χ1n) is 7.60. The van der Waals surface area contributed by atoms with Crippen molar-refractivity contribution in [1.82, 2.24) is 5.32 Å². The lowest BCUT2D eigenvalue weighted by atomic mass is 9.96. The fourth-order valence-corrected chi connectivity index (χ4v) is 2.13. The molecule has 0 heterocycles. The Hall–Kier alpha value is -3.04. The van der Waals surface area contributed by atoms with Gasteiger partial charge in [0.25, 0.3) is 0 Å². The minimum Gasteiger partial charge on any atom is -0.481 e. The maximum absolute atomic E-state index is 13.0. The van der Waals surface area contributed by atoms with Crippen LogP contribution in [0.25, 0.3) is 0 Å². The van der Waals surface area contributed by atoms with Gasteiger partial charge in [-0.2, -0.15) is 0 Å². The molecule has 25 heavy (non-hydrogen) atoms. The molecule has 6 heteroatoms. The van der Waals surface area contributed by atoms with Crippen LogP contribution in [0, 0.1) is 18.2 Å². The molecule has 1 atom stereocenters. The molecule has 2 rings (SSSR count). The number of carbonyl (C=O) groups is 1. The number of nitrogens with one attached hydrogen (secondary N) is 2. The summed E-state index contributed by atoms with van der Waals surface area (Å²) in [6.45, 7) is 1.63. The van der Waals surface area contributed by atoms with Gasteiger partial charge in [0.1, 0.15) is 23.8 Å². The zero-order valence-corrected chi connectivity index (χ0v) is 13.8. The van der Waals surface area contributed by atoms with Crippen molar-refractivity contribution in [1.29, 1.82) is 0 Å². The van der Waals surface area contributed by atoms with Gasteiger partial charge in [-0.25, -0.2) is 9.18 Å². The Morgan fingerprint density at radius 3 is 2.72 bits per heavy atom. The normalized spacial score (nSPS) is 12.6. The molecule has 0 fully saturated rings. The van der Waals surface area contributed by atoms with Gasteiger partial charge in [0.05, 0.1) is 6.54 Å². The van der Waals surface area contributed by atoms with Crippen LogP contribution in [0.1, 0.15) is 12.5 Å². The minimum absolute atomic E-state index is 0.0439. The fourth-order valence-electron chi connectivity index (χ4n) is 2.13. The van der Waals surface area contributed by atoms with Crippen LogP contribution in [-0.2, 0) is 5.60 Å². The Bertz CT molecular complexity index is 767. The van der Waals surface area contributed by atoms with Gasteiger partial charge < -0.3 is 20.5 Å². The molecule has 5 nitrogen and oxygen atoms in total. The molecule has 2 aromatic rings. The van der Waals surface area contributed by atoms with Crippen LogP contribution in [0.4, 0.5) is 14.9 Å². The Labute approximate surface area is 145 Å². The number of aliphatic hydroxyl groups is 1. The van der Waals surface area contributed by atoms with Crippen LogP contribution in [0.5, 0.6) is 5.75 Å². The van der Waals surface area contributed by atoms with Crippen molar-refractivity contribution in [3.8, 4) is 18.1 Å². The van der Waals surface area contributed by atoms with E-state index >= 15 is 0 Å². The number of urea groups is 1. The van der Waals surface area contributed by atoms with E-state index in [1.807, 2.05) is 0 Å². The SMILES string of the molecule is C#CCOc1cccc(NC(=O)NCC(C)(O)c2ccc(F)cc2)c1. The molecule has 0 aromatic heterocycles. The summed E-state index contributed by atoms with van der Waals surface area (Å²) in [7, 11) is 0. The van der Waals surface area contributed by atoms with E-state index in [1.165, 1.54) is 31.2 Å². The highest BCUT2D eigenvalue weighted by atomic mass is 19.1. The van der Waals surface area contributed by atoms with Gasteiger partial charge in [-0.1, -0.05) is 24.1 Å². The Kier molecular flexibility index (Phi) is 5.98. The summed E-state index contributed by atoms with van der Waals surface area (Å²) in [5.74, 6) is 2.50. The molecule has 130 valence electrons. The monoisotopic (exact) mass is 342 g/mol. The predicted octanol–water partition coefficient (Wildman–Crippen LogP) is 2.87. The number of halogens is 1. The van der Waals surface area contributed by atoms with Crippen molar-refractivity contribution < 1.29 is 19.0 Å². The van der Waals surface area contributed by atoms with Crippen LogP contribution in [0.3, 0.4) is 0 Å². The van der Waals surface area contributed by atoms with Crippen molar-refractivity contribution in [2.75, 3.05) is 18.5 Å². The number of hydrogen-bond acceptors (Lipinski definition) is 3. The van der Waals surface area contributed by atoms with E-state index in [2.05, 4.69) is 16.6 Å². The number of rotatable bonds is 6. The van der Waals surface area contributed by atoms with Gasteiger partial charge >= 0.3 is 6.03 Å². The second-order valence-corrected chi connectivity index (χ2v) is 5.61. The summed E-state index contributed by atoms with van der Waals surface area (Å²) >= 11 is 0. The number of terminal acetylenes is 1. The topological polar surface area (TPSA) is 70.6 Å². The maximum atomic E-state index is 13.0. The Morgan fingerprint density at radius 2 is 2.04 bits per heavy atom. The lowest BCUT2D eigenvalue weighted by Crippen LogP contribution is -2.40. The number of carbonyl (C=O) groups excluding carboxylic acids is 1. The predicted molar refractivity (Wildman–Crippen MR) is 93.8 cm³/mol. The molecule has 0 saturated heterocycles. The van der Waals surface area contributed by atoms with Crippen molar-refractivity contribution in [2.24, 2.45) is 0 Å². The molecule has 2 amide bonds. The molecule has 0 bridgehead atoms. The highest BCUT2D eigenvalue weighted by molar-refractivity contribution is 5.89. The zero-order valence-electron chi connectivity index (χ0n) is 13.8. The molecule has 2 aromatic carbocycles. The smallest absolute Gasteiger partial charge is 0.319 e. The first-order chi connectivity index (χ1) is 11.9. The second-order valence-electron chi connectivity index (χ2n) is 5.61. The summed E-state index contributed by atoms with van der Waals surface area (Å²) in [4.78, 5) is 12.0. The summed E-state index contributed by atoms with van der Waals surface area (Å²) in [6, 6.07) is 11.7. The van der Waals surface area contributed by atoms with E-state index in [-0.39, 0.29) is 13.2 Å². The average Bonchev–Trinajstić information content (AvgIpc) is 2.59. The van der Waals surface area contributed by atoms with Gasteiger partial charge in [-0.3, -0.25) is 0 Å². The minimum atomic E-state index is -1.33. The van der Waals surface area contributed by atoms with E-state index in [0.29, 0.717) is 17.0 Å². The molecule has 1 unspecified atom stereocenters. The van der Waals surface area contributed by atoms with Crippen LogP contribution >= 0.6 is 0 Å². The molecule has 0 saturated carbocycles. The molecular formula is C19H19FN2O3. The number of anilines is 1. The van der Waals surface area contributed by atoms with E-state index in [9.17, 15) is 14.3 Å². The lowest BCUT2D eigenvalue weighted by molar-refractivity contribution is 0.0599. The van der Waals surface area contributed by atoms with Gasteiger partial charge in [0.15, 0.2) is 0 Å². The summed E-state index contributed by atoms with van der Waals surface area (Å²) in [5.41, 5.74) is -0.310. The highest BCUT2D eigenvalue weighted by Crippen LogP contribution is 2.20. The molecule has 3 N–H and O–H groups in total. The standard InChI is InChI=1S/C19H19FN2O3/c1-3-11-25-17-6-4-5-16(12-17)22-18(23)21-13-19(2,24)14-7-9-15(20)10-8-14/h1,4-10,12,24H,11,13H2,2H3,(H2,21,22,23). The quantitative estimate of drug-likeness (QED) is 0.707. The summed E-state index contributed by atoms with van der Waals surface area (Å²) in [5, 5.41) is 15.6. The Balaban J connectivity index is 1.92. The van der Waals surface area contributed by atoms with Crippen LogP contribution in [0.15, 0.2) is 48.5 Å². The van der Waals surface area contributed by atoms with Crippen molar-refractivity contribution >= 4 is 11.7 Å². The molecular weight excluding hydrogens is 323 g/mol. The number of benzene rings is 2. The molecule has 0 aliphatic heterocycles. The number of amides is 2. The van der Waals surface area contributed by atoms with E-state index in [0.717, 1.165) is 0 Å². The largest absolute Gasteiger partial charge is 0.481 e. The third-order valence-corrected chi connectivity index (χ3v) is 3.47. The average molecular weight is 342 g/mol. The van der Waals surface area contributed by atoms with Crippen molar-refractivity contribution in [3.63, 3.8) is 0 Å². The number of hydrogen-bond donors (Lipinski definition) is 3. The molecule has 0 spiro atoms. The summed E-state index contributed by atoms with van der Waals surface area (Å²) in [6.07, 6.45) is 5.13.